The molecular weight excluding hydrogens is 572 g/mol. The van der Waals surface area contributed by atoms with Crippen LogP contribution in [0.5, 0.6) is 0 Å². The number of carbonyl (C=O) groups is 3. The topological polar surface area (TPSA) is 118 Å². The number of hydrogen-bond acceptors (Lipinski definition) is 5. The predicted molar refractivity (Wildman–Crippen MR) is 148 cm³/mol. The van der Waals surface area contributed by atoms with E-state index in [1.165, 1.54) is 25.4 Å². The second-order valence-electron chi connectivity index (χ2n) is 11.9. The van der Waals surface area contributed by atoms with E-state index in [4.69, 9.17) is 4.74 Å². The van der Waals surface area contributed by atoms with Crippen LogP contribution in [0.2, 0.25) is 0 Å². The minimum Gasteiger partial charge on any atom is -0.382 e. The van der Waals surface area contributed by atoms with Crippen LogP contribution < -0.4 is 16.0 Å². The Balaban J connectivity index is 1.35. The molecule has 1 aromatic heterocycles. The van der Waals surface area contributed by atoms with Crippen LogP contribution in [-0.4, -0.2) is 71.0 Å². The number of anilines is 1. The van der Waals surface area contributed by atoms with Crippen LogP contribution in [0.1, 0.15) is 67.7 Å². The Kier molecular flexibility index (Phi) is 8.68. The van der Waals surface area contributed by atoms with Crippen LogP contribution in [0.25, 0.3) is 0 Å². The molecule has 1 aromatic carbocycles. The first kappa shape index (κ1) is 30.8. The van der Waals surface area contributed by atoms with E-state index < -0.39 is 54.5 Å². The number of rotatable bonds is 12. The fourth-order valence-corrected chi connectivity index (χ4v) is 5.93. The first-order valence-corrected chi connectivity index (χ1v) is 14.5. The van der Waals surface area contributed by atoms with Crippen LogP contribution in [0.15, 0.2) is 30.5 Å². The van der Waals surface area contributed by atoms with Gasteiger partial charge in [-0.1, -0.05) is 6.07 Å². The SMILES string of the molecule is COC[C@H](c1ccc(NC(=O)[C@@H](NC(=O)c2ccnn2C(C)C)C(C2CC2)C2CC2)c(F)c1)N1C[C@@H](C(F)(F)F)NC1=O. The second kappa shape index (κ2) is 12.1. The van der Waals surface area contributed by atoms with E-state index in [1.807, 2.05) is 19.2 Å². The van der Waals surface area contributed by atoms with Gasteiger partial charge in [0.25, 0.3) is 5.91 Å². The number of urea groups is 1. The van der Waals surface area contributed by atoms with Gasteiger partial charge in [-0.2, -0.15) is 18.3 Å². The summed E-state index contributed by atoms with van der Waals surface area (Å²) in [5, 5.41) is 11.6. The zero-order chi connectivity index (χ0) is 31.1. The molecule has 43 heavy (non-hydrogen) atoms. The van der Waals surface area contributed by atoms with Crippen LogP contribution in [0, 0.1) is 23.6 Å². The highest BCUT2D eigenvalue weighted by Gasteiger charge is 2.50. The van der Waals surface area contributed by atoms with E-state index in [1.54, 1.807) is 10.7 Å². The lowest BCUT2D eigenvalue weighted by molar-refractivity contribution is -0.150. The molecule has 0 unspecified atom stereocenters. The molecule has 2 saturated carbocycles. The van der Waals surface area contributed by atoms with Crippen molar-refractivity contribution in [3.8, 4) is 0 Å². The quantitative estimate of drug-likeness (QED) is 0.309. The number of halogens is 4. The average molecular weight is 609 g/mol. The Morgan fingerprint density at radius 2 is 1.81 bits per heavy atom. The Labute approximate surface area is 246 Å². The predicted octanol–water partition coefficient (Wildman–Crippen LogP) is 4.42. The number of nitrogens with zero attached hydrogens (tertiary/aromatic N) is 3. The van der Waals surface area contributed by atoms with Gasteiger partial charge in [-0.15, -0.1) is 0 Å². The van der Waals surface area contributed by atoms with Gasteiger partial charge in [-0.3, -0.25) is 14.3 Å². The van der Waals surface area contributed by atoms with Gasteiger partial charge in [0.1, 0.15) is 23.6 Å². The van der Waals surface area contributed by atoms with Crippen molar-refractivity contribution in [1.29, 1.82) is 0 Å². The fraction of sp³-hybridized carbons (Fsp3) is 0.586. The average Bonchev–Trinajstić information content (AvgIpc) is 3.87. The Hall–Kier alpha value is -3.68. The number of benzene rings is 1. The number of amides is 4. The molecule has 3 aliphatic rings. The van der Waals surface area contributed by atoms with Gasteiger partial charge in [0.2, 0.25) is 5.91 Å². The number of aromatic nitrogens is 2. The van der Waals surface area contributed by atoms with Gasteiger partial charge in [0, 0.05) is 19.3 Å². The molecule has 3 fully saturated rings. The molecule has 14 heteroatoms. The zero-order valence-electron chi connectivity index (χ0n) is 24.2. The smallest absolute Gasteiger partial charge is 0.382 e. The molecule has 5 rings (SSSR count). The lowest BCUT2D eigenvalue weighted by Crippen LogP contribution is -2.50. The molecule has 1 saturated heterocycles. The monoisotopic (exact) mass is 608 g/mol. The maximum atomic E-state index is 15.4. The van der Waals surface area contributed by atoms with Crippen molar-refractivity contribution in [3.05, 3.63) is 47.5 Å². The molecule has 0 radical (unpaired) electrons. The lowest BCUT2D eigenvalue weighted by atomic mass is 9.88. The van der Waals surface area contributed by atoms with E-state index in [2.05, 4.69) is 15.7 Å². The van der Waals surface area contributed by atoms with Crippen molar-refractivity contribution >= 4 is 23.5 Å². The van der Waals surface area contributed by atoms with Gasteiger partial charge in [0.05, 0.1) is 24.9 Å². The summed E-state index contributed by atoms with van der Waals surface area (Å²) in [6, 6.07) is 0.416. The molecule has 0 bridgehead atoms. The van der Waals surface area contributed by atoms with Gasteiger partial charge < -0.3 is 25.6 Å². The van der Waals surface area contributed by atoms with E-state index in [-0.39, 0.29) is 41.7 Å². The van der Waals surface area contributed by atoms with E-state index in [9.17, 15) is 27.6 Å². The number of ether oxygens (including phenoxy) is 1. The van der Waals surface area contributed by atoms with E-state index in [0.717, 1.165) is 36.6 Å². The summed E-state index contributed by atoms with van der Waals surface area (Å²) in [4.78, 5) is 40.4. The number of carbonyl (C=O) groups excluding carboxylic acids is 3. The van der Waals surface area contributed by atoms with Crippen LogP contribution >= 0.6 is 0 Å². The number of methoxy groups -OCH3 is 1. The van der Waals surface area contributed by atoms with Gasteiger partial charge >= 0.3 is 12.2 Å². The van der Waals surface area contributed by atoms with E-state index in [0.29, 0.717) is 5.69 Å². The van der Waals surface area contributed by atoms with Crippen molar-refractivity contribution < 1.29 is 36.7 Å². The highest BCUT2D eigenvalue weighted by atomic mass is 19.4. The molecule has 4 amide bonds. The lowest BCUT2D eigenvalue weighted by Gasteiger charge is -2.28. The standard InChI is InChI=1S/C29H36F4N6O4/c1-15(2)39-21(10-11-34-39)26(40)37-25(24(16-4-5-16)17-6-7-17)27(41)35-20-9-8-18(12-19(20)30)22(14-43-3)38-13-23(29(31,32)33)36-28(38)42/h8-12,15-17,22-25H,4-7,13-14H2,1-3H3,(H,35,41)(H,36,42)(H,37,40)/t22-,23+,25+/m1/s1. The van der Waals surface area contributed by atoms with Crippen LogP contribution in [0.3, 0.4) is 0 Å². The molecule has 3 N–H and O–H groups in total. The largest absolute Gasteiger partial charge is 0.410 e. The summed E-state index contributed by atoms with van der Waals surface area (Å²) in [5.74, 6) is -1.36. The molecule has 1 aliphatic heterocycles. The maximum Gasteiger partial charge on any atom is 0.410 e. The molecule has 10 nitrogen and oxygen atoms in total. The summed E-state index contributed by atoms with van der Waals surface area (Å²) >= 11 is 0. The third-order valence-corrected chi connectivity index (χ3v) is 8.35. The third-order valence-electron chi connectivity index (χ3n) is 8.35. The van der Waals surface area contributed by atoms with Crippen molar-refractivity contribution in [2.24, 2.45) is 17.8 Å². The second-order valence-corrected chi connectivity index (χ2v) is 11.9. The Morgan fingerprint density at radius 1 is 1.14 bits per heavy atom. The van der Waals surface area contributed by atoms with Crippen LogP contribution in [-0.2, 0) is 9.53 Å². The Bertz CT molecular complexity index is 1340. The first-order chi connectivity index (χ1) is 20.4. The van der Waals surface area contributed by atoms with Gasteiger partial charge in [-0.25, -0.2) is 9.18 Å². The maximum absolute atomic E-state index is 15.4. The molecule has 234 valence electrons. The summed E-state index contributed by atoms with van der Waals surface area (Å²) in [5.41, 5.74) is 0.369. The summed E-state index contributed by atoms with van der Waals surface area (Å²) in [6.45, 7) is 2.95. The fourth-order valence-electron chi connectivity index (χ4n) is 5.93. The van der Waals surface area contributed by atoms with Gasteiger partial charge in [-0.05, 0) is 81.0 Å². The number of nitrogens with one attached hydrogen (secondary N) is 3. The first-order valence-electron chi connectivity index (χ1n) is 14.5. The summed E-state index contributed by atoms with van der Waals surface area (Å²) < 4.78 is 61.9. The molecule has 2 heterocycles. The summed E-state index contributed by atoms with van der Waals surface area (Å²) in [6.07, 6.45) is 0.691. The minimum atomic E-state index is -4.64. The van der Waals surface area contributed by atoms with Crippen molar-refractivity contribution in [2.45, 2.75) is 69.9 Å². The Morgan fingerprint density at radius 3 is 2.35 bits per heavy atom. The normalized spacial score (nSPS) is 20.3. The number of alkyl halides is 3. The number of hydrogen-bond donors (Lipinski definition) is 3. The van der Waals surface area contributed by atoms with Crippen molar-refractivity contribution in [1.82, 2.24) is 25.3 Å². The highest BCUT2D eigenvalue weighted by Crippen LogP contribution is 2.51. The van der Waals surface area contributed by atoms with Crippen molar-refractivity contribution in [3.63, 3.8) is 0 Å². The molecule has 3 atom stereocenters. The molecule has 0 spiro atoms. The molecule has 2 aromatic rings. The molecule has 2 aliphatic carbocycles. The molecular formula is C29H36F4N6O4. The van der Waals surface area contributed by atoms with Gasteiger partial charge in [0.15, 0.2) is 0 Å². The summed E-state index contributed by atoms with van der Waals surface area (Å²) in [7, 11) is 1.33. The van der Waals surface area contributed by atoms with E-state index >= 15 is 4.39 Å². The van der Waals surface area contributed by atoms with Crippen molar-refractivity contribution in [2.75, 3.05) is 25.6 Å². The highest BCUT2D eigenvalue weighted by molar-refractivity contribution is 6.01. The minimum absolute atomic E-state index is 0.0776. The third kappa shape index (κ3) is 6.78. The van der Waals surface area contributed by atoms with Crippen LogP contribution in [0.4, 0.5) is 28.0 Å². The zero-order valence-corrected chi connectivity index (χ0v) is 24.2.